The summed E-state index contributed by atoms with van der Waals surface area (Å²) < 4.78 is 6.07. The minimum Gasteiger partial charge on any atom is -0.488 e. The van der Waals surface area contributed by atoms with E-state index in [1.165, 1.54) is 5.57 Å². The summed E-state index contributed by atoms with van der Waals surface area (Å²) in [5.74, 6) is 0.785. The molecule has 28 heavy (non-hydrogen) atoms. The molecule has 1 amide bonds. The minimum atomic E-state index is -0.228. The van der Waals surface area contributed by atoms with Crippen LogP contribution in [0.25, 0.3) is 5.70 Å². The Morgan fingerprint density at radius 2 is 1.50 bits per heavy atom. The van der Waals surface area contributed by atoms with Crippen LogP contribution in [0.3, 0.4) is 0 Å². The highest BCUT2D eigenvalue weighted by Crippen LogP contribution is 2.48. The van der Waals surface area contributed by atoms with Crippen LogP contribution < -0.4 is 9.64 Å². The number of rotatable bonds is 2. The molecule has 3 aromatic carbocycles. The number of amides is 1. The van der Waals surface area contributed by atoms with Crippen molar-refractivity contribution in [1.82, 2.24) is 0 Å². The van der Waals surface area contributed by atoms with E-state index in [4.69, 9.17) is 4.74 Å². The zero-order valence-electron chi connectivity index (χ0n) is 15.7. The van der Waals surface area contributed by atoms with Gasteiger partial charge in [-0.05, 0) is 41.3 Å². The first-order valence-corrected chi connectivity index (χ1v) is 9.65. The first-order valence-electron chi connectivity index (χ1n) is 9.65. The third kappa shape index (κ3) is 2.55. The number of anilines is 1. The Labute approximate surface area is 164 Å². The molecule has 5 rings (SSSR count). The number of carbonyl (C=O) groups excluding carboxylic acids is 1. The number of nitrogens with zero attached hydrogens (tertiary/aromatic N) is 1. The van der Waals surface area contributed by atoms with Crippen molar-refractivity contribution in [2.45, 2.75) is 12.8 Å². The summed E-state index contributed by atoms with van der Waals surface area (Å²) in [6.45, 7) is 2.65. The first-order chi connectivity index (χ1) is 13.8. The molecule has 3 aromatic rings. The molecule has 138 valence electrons. The van der Waals surface area contributed by atoms with Crippen molar-refractivity contribution in [2.24, 2.45) is 5.92 Å². The number of hydrogen-bond acceptors (Lipinski definition) is 2. The molecule has 2 atom stereocenters. The molecule has 0 saturated carbocycles. The maximum absolute atomic E-state index is 13.9. The molecule has 0 aromatic heterocycles. The van der Waals surface area contributed by atoms with Crippen LogP contribution in [0.2, 0.25) is 0 Å². The zero-order chi connectivity index (χ0) is 19.1. The Kier molecular flexibility index (Phi) is 4.01. The molecule has 0 aliphatic carbocycles. The van der Waals surface area contributed by atoms with Gasteiger partial charge in [-0.2, -0.15) is 0 Å². The van der Waals surface area contributed by atoms with Crippen molar-refractivity contribution < 1.29 is 9.53 Å². The van der Waals surface area contributed by atoms with E-state index in [0.717, 1.165) is 28.3 Å². The summed E-state index contributed by atoms with van der Waals surface area (Å²) in [6, 6.07) is 28.0. The molecule has 0 bridgehead atoms. The molecule has 3 heteroatoms. The van der Waals surface area contributed by atoms with Crippen molar-refractivity contribution in [1.29, 1.82) is 0 Å². The summed E-state index contributed by atoms with van der Waals surface area (Å²) in [5, 5.41) is 0. The van der Waals surface area contributed by atoms with Gasteiger partial charge < -0.3 is 4.74 Å². The van der Waals surface area contributed by atoms with Crippen LogP contribution in [0.1, 0.15) is 24.0 Å². The van der Waals surface area contributed by atoms with Gasteiger partial charge in [0, 0.05) is 11.3 Å². The van der Waals surface area contributed by atoms with Crippen LogP contribution >= 0.6 is 0 Å². The standard InChI is InChI=1S/C25H21NO2/c1-17-21-16-28-22-15-9-8-14-20(22)24(21)26(19-12-6-3-7-13-19)25(27)23(17)18-10-4-2-5-11-18/h2-15,17,23H,16H2,1H3/t17-,23-/m1/s1. The van der Waals surface area contributed by atoms with Gasteiger partial charge in [-0.25, -0.2) is 0 Å². The van der Waals surface area contributed by atoms with Crippen LogP contribution in [-0.2, 0) is 4.79 Å². The molecule has 0 spiro atoms. The number of fused-ring (bicyclic) bond motifs is 2. The summed E-state index contributed by atoms with van der Waals surface area (Å²) in [4.78, 5) is 15.7. The van der Waals surface area contributed by atoms with E-state index in [9.17, 15) is 4.79 Å². The normalized spacial score (nSPS) is 21.0. The summed E-state index contributed by atoms with van der Waals surface area (Å²) in [5.41, 5.74) is 5.09. The lowest BCUT2D eigenvalue weighted by Crippen LogP contribution is -2.44. The van der Waals surface area contributed by atoms with Crippen molar-refractivity contribution >= 4 is 17.3 Å². The highest BCUT2D eigenvalue weighted by atomic mass is 16.5. The molecular formula is C25H21NO2. The van der Waals surface area contributed by atoms with Crippen LogP contribution in [0.5, 0.6) is 5.75 Å². The van der Waals surface area contributed by atoms with Crippen molar-refractivity contribution in [3.8, 4) is 5.75 Å². The second-order valence-corrected chi connectivity index (χ2v) is 7.34. The Morgan fingerprint density at radius 1 is 0.857 bits per heavy atom. The second-order valence-electron chi connectivity index (χ2n) is 7.34. The first kappa shape index (κ1) is 16.8. The molecule has 0 radical (unpaired) electrons. The molecule has 0 unspecified atom stereocenters. The van der Waals surface area contributed by atoms with Gasteiger partial charge in [0.05, 0.1) is 11.6 Å². The quantitative estimate of drug-likeness (QED) is 0.618. The third-order valence-electron chi connectivity index (χ3n) is 5.76. The van der Waals surface area contributed by atoms with E-state index in [-0.39, 0.29) is 17.7 Å². The molecule has 2 heterocycles. The lowest BCUT2D eigenvalue weighted by molar-refractivity contribution is -0.120. The summed E-state index contributed by atoms with van der Waals surface area (Å²) in [7, 11) is 0. The Balaban J connectivity index is 1.75. The maximum atomic E-state index is 13.9. The topological polar surface area (TPSA) is 29.5 Å². The average molecular weight is 367 g/mol. The lowest BCUT2D eigenvalue weighted by atomic mass is 9.76. The Morgan fingerprint density at radius 3 is 2.25 bits per heavy atom. The van der Waals surface area contributed by atoms with E-state index < -0.39 is 0 Å². The fourth-order valence-corrected chi connectivity index (χ4v) is 4.39. The molecule has 2 aliphatic heterocycles. The number of para-hydroxylation sites is 2. The summed E-state index contributed by atoms with van der Waals surface area (Å²) in [6.07, 6.45) is 0. The molecule has 0 fully saturated rings. The van der Waals surface area contributed by atoms with Crippen molar-refractivity contribution in [2.75, 3.05) is 11.5 Å². The maximum Gasteiger partial charge on any atom is 0.239 e. The fraction of sp³-hybridized carbons (Fsp3) is 0.160. The van der Waals surface area contributed by atoms with Gasteiger partial charge >= 0.3 is 0 Å². The van der Waals surface area contributed by atoms with E-state index in [2.05, 4.69) is 6.92 Å². The zero-order valence-corrected chi connectivity index (χ0v) is 15.7. The van der Waals surface area contributed by atoms with Gasteiger partial charge in [0.1, 0.15) is 12.4 Å². The molecular weight excluding hydrogens is 346 g/mol. The van der Waals surface area contributed by atoms with Crippen LogP contribution in [0.15, 0.2) is 90.5 Å². The van der Waals surface area contributed by atoms with Crippen molar-refractivity contribution in [3.63, 3.8) is 0 Å². The molecule has 2 aliphatic rings. The van der Waals surface area contributed by atoms with Gasteiger partial charge in [0.2, 0.25) is 5.91 Å². The molecule has 0 saturated heterocycles. The van der Waals surface area contributed by atoms with Crippen LogP contribution in [-0.4, -0.2) is 12.5 Å². The molecule has 3 nitrogen and oxygen atoms in total. The van der Waals surface area contributed by atoms with Gasteiger partial charge in [0.15, 0.2) is 0 Å². The minimum absolute atomic E-state index is 0.0678. The van der Waals surface area contributed by atoms with Gasteiger partial charge in [-0.15, -0.1) is 0 Å². The average Bonchev–Trinajstić information content (AvgIpc) is 2.75. The fourth-order valence-electron chi connectivity index (χ4n) is 4.39. The number of carbonyl (C=O) groups is 1. The van der Waals surface area contributed by atoms with Crippen molar-refractivity contribution in [3.05, 3.63) is 102 Å². The van der Waals surface area contributed by atoms with Crippen LogP contribution in [0, 0.1) is 5.92 Å². The van der Waals surface area contributed by atoms with Crippen LogP contribution in [0.4, 0.5) is 5.69 Å². The van der Waals surface area contributed by atoms with Gasteiger partial charge in [-0.1, -0.05) is 67.6 Å². The summed E-state index contributed by atoms with van der Waals surface area (Å²) >= 11 is 0. The van der Waals surface area contributed by atoms with E-state index in [1.807, 2.05) is 89.8 Å². The highest BCUT2D eigenvalue weighted by molar-refractivity contribution is 6.12. The van der Waals surface area contributed by atoms with E-state index in [0.29, 0.717) is 6.61 Å². The second kappa shape index (κ2) is 6.68. The number of ether oxygens (including phenoxy) is 1. The lowest BCUT2D eigenvalue weighted by Gasteiger charge is -2.42. The largest absolute Gasteiger partial charge is 0.488 e. The number of hydrogen-bond donors (Lipinski definition) is 0. The highest BCUT2D eigenvalue weighted by Gasteiger charge is 2.43. The third-order valence-corrected chi connectivity index (χ3v) is 5.76. The van der Waals surface area contributed by atoms with Gasteiger partial charge in [-0.3, -0.25) is 9.69 Å². The van der Waals surface area contributed by atoms with Gasteiger partial charge in [0.25, 0.3) is 0 Å². The van der Waals surface area contributed by atoms with E-state index in [1.54, 1.807) is 0 Å². The Bertz CT molecular complexity index is 1060. The Hall–Kier alpha value is -3.33. The SMILES string of the molecule is C[C@@H]1C2=C(c3ccccc3OC2)N(c2ccccc2)C(=O)[C@H]1c1ccccc1. The number of benzene rings is 3. The van der Waals surface area contributed by atoms with E-state index >= 15 is 0 Å². The monoisotopic (exact) mass is 367 g/mol. The smallest absolute Gasteiger partial charge is 0.239 e. The predicted octanol–water partition coefficient (Wildman–Crippen LogP) is 5.26. The molecule has 0 N–H and O–H groups in total. The predicted molar refractivity (Wildman–Crippen MR) is 111 cm³/mol.